The van der Waals surface area contributed by atoms with Crippen LogP contribution < -0.4 is 0 Å². The summed E-state index contributed by atoms with van der Waals surface area (Å²) in [6.07, 6.45) is 1.17. The third kappa shape index (κ3) is 2.75. The van der Waals surface area contributed by atoms with Gasteiger partial charge in [0.2, 0.25) is 6.08 Å². The van der Waals surface area contributed by atoms with E-state index in [4.69, 9.17) is 0 Å². The third-order valence-electron chi connectivity index (χ3n) is 1.03. The van der Waals surface area contributed by atoms with Crippen molar-refractivity contribution in [2.75, 3.05) is 5.88 Å². The summed E-state index contributed by atoms with van der Waals surface area (Å²) in [6, 6.07) is 0. The van der Waals surface area contributed by atoms with Gasteiger partial charge in [-0.25, -0.2) is 13.2 Å². The predicted molar refractivity (Wildman–Crippen MR) is 37.0 cm³/mol. The van der Waals surface area contributed by atoms with Crippen LogP contribution in [0, 0.1) is 0 Å². The van der Waals surface area contributed by atoms with Crippen LogP contribution in [0.1, 0.15) is 13.8 Å². The van der Waals surface area contributed by atoms with E-state index in [0.29, 0.717) is 0 Å². The summed E-state index contributed by atoms with van der Waals surface area (Å²) in [5, 5.41) is -0.482. The Kier molecular flexibility index (Phi) is 3.25. The monoisotopic (exact) mass is 163 g/mol. The van der Waals surface area contributed by atoms with Crippen LogP contribution in [0.5, 0.6) is 0 Å². The molecule has 58 valence electrons. The molecule has 0 amide bonds. The lowest BCUT2D eigenvalue weighted by atomic mass is 10.6. The lowest BCUT2D eigenvalue weighted by Gasteiger charge is -2.01. The molecule has 4 nitrogen and oxygen atoms in total. The van der Waals surface area contributed by atoms with Crippen molar-refractivity contribution in [3.63, 3.8) is 0 Å². The molecule has 0 heterocycles. The maximum Gasteiger partial charge on any atom is 0.235 e. The van der Waals surface area contributed by atoms with Crippen molar-refractivity contribution in [3.05, 3.63) is 0 Å². The second-order valence-electron chi connectivity index (χ2n) is 2.09. The number of hydrogen-bond acceptors (Lipinski definition) is 4. The highest BCUT2D eigenvalue weighted by atomic mass is 32.2. The van der Waals surface area contributed by atoms with Gasteiger partial charge in [0.1, 0.15) is 0 Å². The second-order valence-corrected chi connectivity index (χ2v) is 4.62. The van der Waals surface area contributed by atoms with Gasteiger partial charge in [0.15, 0.2) is 15.7 Å². The summed E-state index contributed by atoms with van der Waals surface area (Å²) in [5.41, 5.74) is 0. The van der Waals surface area contributed by atoms with Crippen LogP contribution in [0.15, 0.2) is 4.99 Å². The Morgan fingerprint density at radius 3 is 2.30 bits per heavy atom. The van der Waals surface area contributed by atoms with Gasteiger partial charge >= 0.3 is 0 Å². The molecular formula is C5H9NO3S. The maximum absolute atomic E-state index is 10.8. The van der Waals surface area contributed by atoms with E-state index < -0.39 is 21.0 Å². The van der Waals surface area contributed by atoms with Crippen LogP contribution >= 0.6 is 0 Å². The summed E-state index contributed by atoms with van der Waals surface area (Å²) < 4.78 is 21.6. The van der Waals surface area contributed by atoms with E-state index in [9.17, 15) is 13.2 Å². The molecule has 0 aliphatic carbocycles. The molecule has 5 heteroatoms. The van der Waals surface area contributed by atoms with Crippen molar-refractivity contribution in [1.82, 2.24) is 0 Å². The van der Waals surface area contributed by atoms with Crippen molar-refractivity contribution in [2.45, 2.75) is 19.1 Å². The van der Waals surface area contributed by atoms with Gasteiger partial charge in [0, 0.05) is 0 Å². The largest absolute Gasteiger partial charge is 0.235 e. The molecule has 0 unspecified atom stereocenters. The minimum atomic E-state index is -3.19. The van der Waals surface area contributed by atoms with E-state index in [1.165, 1.54) is 19.9 Å². The smallest absolute Gasteiger partial charge is 0.227 e. The fourth-order valence-corrected chi connectivity index (χ4v) is 0.796. The van der Waals surface area contributed by atoms with Crippen molar-refractivity contribution in [2.24, 2.45) is 4.99 Å². The van der Waals surface area contributed by atoms with E-state index in [-0.39, 0.29) is 0 Å². The SMILES string of the molecule is CC(C)S(=O)(=O)CN=C=O. The number of carbonyl (C=O) groups excluding carboxylic acids is 1. The van der Waals surface area contributed by atoms with E-state index in [2.05, 4.69) is 4.99 Å². The number of isocyanates is 1. The minimum Gasteiger partial charge on any atom is -0.227 e. The van der Waals surface area contributed by atoms with Crippen LogP contribution in [0.2, 0.25) is 0 Å². The number of nitrogens with zero attached hydrogens (tertiary/aromatic N) is 1. The highest BCUT2D eigenvalue weighted by molar-refractivity contribution is 7.91. The molecule has 0 aliphatic rings. The quantitative estimate of drug-likeness (QED) is 0.438. The molecule has 0 aromatic rings. The number of sulfone groups is 1. The van der Waals surface area contributed by atoms with Crippen molar-refractivity contribution in [3.8, 4) is 0 Å². The Morgan fingerprint density at radius 2 is 2.00 bits per heavy atom. The fourth-order valence-electron chi connectivity index (χ4n) is 0.265. The zero-order valence-electron chi connectivity index (χ0n) is 5.86. The van der Waals surface area contributed by atoms with Crippen molar-refractivity contribution >= 4 is 15.9 Å². The second kappa shape index (κ2) is 3.49. The van der Waals surface area contributed by atoms with Gasteiger partial charge in [-0.05, 0) is 13.8 Å². The zero-order chi connectivity index (χ0) is 8.20. The van der Waals surface area contributed by atoms with Gasteiger partial charge in [0.05, 0.1) is 5.25 Å². The minimum absolute atomic E-state index is 0.450. The summed E-state index contributed by atoms with van der Waals surface area (Å²) >= 11 is 0. The molecule has 0 saturated heterocycles. The van der Waals surface area contributed by atoms with Crippen LogP contribution in [0.25, 0.3) is 0 Å². The summed E-state index contributed by atoms with van der Waals surface area (Å²) in [4.78, 5) is 12.5. The number of rotatable bonds is 3. The molecule has 0 atom stereocenters. The van der Waals surface area contributed by atoms with Gasteiger partial charge in [-0.1, -0.05) is 0 Å². The maximum atomic E-state index is 10.8. The molecular weight excluding hydrogens is 154 g/mol. The Balaban J connectivity index is 4.30. The fraction of sp³-hybridized carbons (Fsp3) is 0.800. The third-order valence-corrected chi connectivity index (χ3v) is 2.95. The molecule has 0 saturated carbocycles. The van der Waals surface area contributed by atoms with E-state index in [1.54, 1.807) is 0 Å². The lowest BCUT2D eigenvalue weighted by molar-refractivity contribution is 0.562. The van der Waals surface area contributed by atoms with Crippen molar-refractivity contribution in [1.29, 1.82) is 0 Å². The van der Waals surface area contributed by atoms with Crippen LogP contribution in [0.4, 0.5) is 0 Å². The van der Waals surface area contributed by atoms with Gasteiger partial charge in [-0.3, -0.25) is 0 Å². The molecule has 0 aliphatic heterocycles. The summed E-state index contributed by atoms with van der Waals surface area (Å²) in [7, 11) is -3.19. The van der Waals surface area contributed by atoms with Gasteiger partial charge in [-0.2, -0.15) is 4.99 Å². The first-order valence-electron chi connectivity index (χ1n) is 2.76. The average Bonchev–Trinajstić information content (AvgIpc) is 1.84. The average molecular weight is 163 g/mol. The first-order chi connectivity index (χ1) is 4.50. The standard InChI is InChI=1S/C5H9NO3S/c1-5(2)10(8,9)4-6-3-7/h5H,4H2,1-2H3. The summed E-state index contributed by atoms with van der Waals surface area (Å²) in [6.45, 7) is 3.07. The molecule has 10 heavy (non-hydrogen) atoms. The molecule has 0 fully saturated rings. The molecule has 0 N–H and O–H groups in total. The molecule has 0 aromatic heterocycles. The topological polar surface area (TPSA) is 63.6 Å². The Bertz CT molecular complexity index is 236. The molecule has 0 bridgehead atoms. The Labute approximate surface area is 59.9 Å². The summed E-state index contributed by atoms with van der Waals surface area (Å²) in [5.74, 6) is -0.450. The number of hydrogen-bond donors (Lipinski definition) is 0. The van der Waals surface area contributed by atoms with E-state index in [0.717, 1.165) is 0 Å². The van der Waals surface area contributed by atoms with Gasteiger partial charge in [-0.15, -0.1) is 0 Å². The normalized spacial score (nSPS) is 11.1. The zero-order valence-corrected chi connectivity index (χ0v) is 6.68. The van der Waals surface area contributed by atoms with Gasteiger partial charge in [0.25, 0.3) is 0 Å². The van der Waals surface area contributed by atoms with Gasteiger partial charge < -0.3 is 0 Å². The van der Waals surface area contributed by atoms with E-state index in [1.807, 2.05) is 0 Å². The van der Waals surface area contributed by atoms with Crippen molar-refractivity contribution < 1.29 is 13.2 Å². The first-order valence-corrected chi connectivity index (χ1v) is 4.47. The molecule has 0 aromatic carbocycles. The molecule has 0 spiro atoms. The highest BCUT2D eigenvalue weighted by Gasteiger charge is 2.14. The van der Waals surface area contributed by atoms with Crippen LogP contribution in [-0.2, 0) is 14.6 Å². The first kappa shape index (κ1) is 9.33. The predicted octanol–water partition coefficient (Wildman–Crippen LogP) is 0.103. The van der Waals surface area contributed by atoms with Crippen LogP contribution in [0.3, 0.4) is 0 Å². The Morgan fingerprint density at radius 1 is 1.50 bits per heavy atom. The molecule has 0 rings (SSSR count). The highest BCUT2D eigenvalue weighted by Crippen LogP contribution is 1.99. The number of aliphatic imine (C=N–C) groups is 1. The van der Waals surface area contributed by atoms with E-state index >= 15 is 0 Å². The molecule has 0 radical (unpaired) electrons. The van der Waals surface area contributed by atoms with Crippen LogP contribution in [-0.4, -0.2) is 25.6 Å². The Hall–Kier alpha value is -0.670. The lowest BCUT2D eigenvalue weighted by Crippen LogP contribution is -2.16.